The number of anilines is 1. The molecule has 2 aromatic heterocycles. The number of nitrogens with one attached hydrogen (secondary N) is 1. The number of nitrogens with zero attached hydrogens (tertiary/aromatic N) is 6. The molecule has 3 rings (SSSR count). The van der Waals surface area contributed by atoms with Crippen molar-refractivity contribution in [2.75, 3.05) is 5.32 Å². The van der Waals surface area contributed by atoms with Gasteiger partial charge in [0.05, 0.1) is 5.69 Å². The normalized spacial score (nSPS) is 10.6. The Morgan fingerprint density at radius 2 is 2.05 bits per heavy atom. The maximum atomic E-state index is 10.9. The van der Waals surface area contributed by atoms with E-state index in [-0.39, 0.29) is 5.82 Å². The van der Waals surface area contributed by atoms with Crippen molar-refractivity contribution in [3.8, 4) is 5.69 Å². The molecular formula is C13H13N7O2. The lowest BCUT2D eigenvalue weighted by molar-refractivity contribution is -0.388. The van der Waals surface area contributed by atoms with Crippen LogP contribution < -0.4 is 5.32 Å². The number of rotatable bonds is 5. The molecule has 0 fully saturated rings. The van der Waals surface area contributed by atoms with Crippen LogP contribution in [0.4, 0.5) is 11.6 Å². The lowest BCUT2D eigenvalue weighted by Crippen LogP contribution is -2.06. The predicted octanol–water partition coefficient (Wildman–Crippen LogP) is 1.52. The highest BCUT2D eigenvalue weighted by Crippen LogP contribution is 2.21. The van der Waals surface area contributed by atoms with Gasteiger partial charge in [0.1, 0.15) is 12.7 Å². The highest BCUT2D eigenvalue weighted by molar-refractivity contribution is 5.52. The number of benzene rings is 1. The molecule has 0 atom stereocenters. The summed E-state index contributed by atoms with van der Waals surface area (Å²) in [5, 5.41) is 18.0. The highest BCUT2D eigenvalue weighted by atomic mass is 16.6. The second-order valence-corrected chi connectivity index (χ2v) is 4.64. The molecule has 1 aromatic carbocycles. The molecule has 2 heterocycles. The maximum Gasteiger partial charge on any atom is 0.406 e. The van der Waals surface area contributed by atoms with Gasteiger partial charge in [0, 0.05) is 13.6 Å². The van der Waals surface area contributed by atoms with Gasteiger partial charge in [-0.25, -0.2) is 9.67 Å². The summed E-state index contributed by atoms with van der Waals surface area (Å²) < 4.78 is 3.24. The number of nitro groups is 1. The summed E-state index contributed by atoms with van der Waals surface area (Å²) in [7, 11) is 1.70. The van der Waals surface area contributed by atoms with Gasteiger partial charge in [0.15, 0.2) is 0 Å². The van der Waals surface area contributed by atoms with Crippen molar-refractivity contribution in [2.45, 2.75) is 6.54 Å². The monoisotopic (exact) mass is 299 g/mol. The van der Waals surface area contributed by atoms with Crippen molar-refractivity contribution in [1.82, 2.24) is 24.3 Å². The first kappa shape index (κ1) is 13.7. The van der Waals surface area contributed by atoms with Gasteiger partial charge in [-0.2, -0.15) is 5.10 Å². The quantitative estimate of drug-likeness (QED) is 0.566. The Bertz CT molecular complexity index is 777. The minimum atomic E-state index is -0.504. The van der Waals surface area contributed by atoms with E-state index in [1.807, 2.05) is 24.3 Å². The van der Waals surface area contributed by atoms with Gasteiger partial charge in [-0.3, -0.25) is 4.57 Å². The molecule has 0 aliphatic carbocycles. The van der Waals surface area contributed by atoms with E-state index in [0.29, 0.717) is 12.4 Å². The SMILES string of the molecule is Cn1cnc([N+](=O)[O-])c1NCc1ccc(-n2cncn2)cc1. The number of aryl methyl sites for hydroxylation is 1. The van der Waals surface area contributed by atoms with Gasteiger partial charge in [0.25, 0.3) is 0 Å². The van der Waals surface area contributed by atoms with Crippen LogP contribution in [-0.2, 0) is 13.6 Å². The molecule has 0 bridgehead atoms. The third kappa shape index (κ3) is 2.64. The second kappa shape index (κ2) is 5.64. The first-order valence-electron chi connectivity index (χ1n) is 6.48. The molecule has 22 heavy (non-hydrogen) atoms. The van der Waals surface area contributed by atoms with Crippen molar-refractivity contribution in [2.24, 2.45) is 7.05 Å². The summed E-state index contributed by atoms with van der Waals surface area (Å²) in [6, 6.07) is 7.66. The fourth-order valence-electron chi connectivity index (χ4n) is 2.05. The van der Waals surface area contributed by atoms with E-state index >= 15 is 0 Å². The van der Waals surface area contributed by atoms with Crippen LogP contribution in [0.3, 0.4) is 0 Å². The molecule has 0 saturated heterocycles. The van der Waals surface area contributed by atoms with Gasteiger partial charge in [0.2, 0.25) is 12.1 Å². The Labute approximate surface area is 125 Å². The lowest BCUT2D eigenvalue weighted by atomic mass is 10.2. The largest absolute Gasteiger partial charge is 0.406 e. The Morgan fingerprint density at radius 1 is 1.27 bits per heavy atom. The van der Waals surface area contributed by atoms with Crippen molar-refractivity contribution in [3.05, 3.63) is 58.9 Å². The molecule has 0 spiro atoms. The zero-order valence-electron chi connectivity index (χ0n) is 11.7. The van der Waals surface area contributed by atoms with Gasteiger partial charge in [-0.15, -0.1) is 0 Å². The molecule has 0 aliphatic rings. The fourth-order valence-corrected chi connectivity index (χ4v) is 2.05. The summed E-state index contributed by atoms with van der Waals surface area (Å²) in [6.07, 6.45) is 4.50. The van der Waals surface area contributed by atoms with Crippen molar-refractivity contribution < 1.29 is 4.92 Å². The van der Waals surface area contributed by atoms with Gasteiger partial charge >= 0.3 is 5.82 Å². The van der Waals surface area contributed by atoms with E-state index in [1.165, 1.54) is 12.7 Å². The maximum absolute atomic E-state index is 10.9. The Kier molecular flexibility index (Phi) is 3.52. The minimum absolute atomic E-state index is 0.179. The fraction of sp³-hybridized carbons (Fsp3) is 0.154. The summed E-state index contributed by atoms with van der Waals surface area (Å²) >= 11 is 0. The second-order valence-electron chi connectivity index (χ2n) is 4.64. The summed E-state index contributed by atoms with van der Waals surface area (Å²) in [5.41, 5.74) is 1.88. The average Bonchev–Trinajstić information content (AvgIpc) is 3.15. The van der Waals surface area contributed by atoms with Crippen molar-refractivity contribution in [3.63, 3.8) is 0 Å². The zero-order chi connectivity index (χ0) is 15.5. The van der Waals surface area contributed by atoms with E-state index in [0.717, 1.165) is 11.3 Å². The molecule has 9 heteroatoms. The smallest absolute Gasteiger partial charge is 0.360 e. The molecule has 0 amide bonds. The Morgan fingerprint density at radius 3 is 2.68 bits per heavy atom. The highest BCUT2D eigenvalue weighted by Gasteiger charge is 2.19. The summed E-state index contributed by atoms with van der Waals surface area (Å²) in [6.45, 7) is 0.456. The predicted molar refractivity (Wildman–Crippen MR) is 78.5 cm³/mol. The minimum Gasteiger partial charge on any atom is -0.360 e. The third-order valence-electron chi connectivity index (χ3n) is 3.17. The number of imidazole rings is 1. The summed E-state index contributed by atoms with van der Waals surface area (Å²) in [5.74, 6) is 0.201. The van der Waals surface area contributed by atoms with E-state index in [2.05, 4.69) is 20.4 Å². The van der Waals surface area contributed by atoms with Gasteiger partial charge in [-0.1, -0.05) is 12.1 Å². The Hall–Kier alpha value is -3.23. The molecule has 112 valence electrons. The van der Waals surface area contributed by atoms with Crippen LogP contribution >= 0.6 is 0 Å². The first-order valence-corrected chi connectivity index (χ1v) is 6.48. The van der Waals surface area contributed by atoms with Crippen LogP contribution in [0.1, 0.15) is 5.56 Å². The number of hydrogen-bond donors (Lipinski definition) is 1. The van der Waals surface area contributed by atoms with E-state index in [1.54, 1.807) is 22.6 Å². The average molecular weight is 299 g/mol. The van der Waals surface area contributed by atoms with Crippen LogP contribution in [0.2, 0.25) is 0 Å². The molecule has 0 radical (unpaired) electrons. The van der Waals surface area contributed by atoms with Crippen molar-refractivity contribution >= 4 is 11.6 Å². The van der Waals surface area contributed by atoms with E-state index in [4.69, 9.17) is 0 Å². The van der Waals surface area contributed by atoms with Crippen LogP contribution in [0.25, 0.3) is 5.69 Å². The van der Waals surface area contributed by atoms with Crippen LogP contribution in [-0.4, -0.2) is 29.2 Å². The van der Waals surface area contributed by atoms with Crippen LogP contribution in [0.5, 0.6) is 0 Å². The molecular weight excluding hydrogens is 286 g/mol. The molecule has 3 aromatic rings. The molecule has 0 aliphatic heterocycles. The number of hydrogen-bond acceptors (Lipinski definition) is 6. The molecule has 0 unspecified atom stereocenters. The van der Waals surface area contributed by atoms with E-state index in [9.17, 15) is 10.1 Å². The third-order valence-corrected chi connectivity index (χ3v) is 3.17. The summed E-state index contributed by atoms with van der Waals surface area (Å²) in [4.78, 5) is 18.0. The molecule has 1 N–H and O–H groups in total. The Balaban J connectivity index is 1.72. The van der Waals surface area contributed by atoms with E-state index < -0.39 is 4.92 Å². The van der Waals surface area contributed by atoms with Crippen LogP contribution in [0, 0.1) is 10.1 Å². The zero-order valence-corrected chi connectivity index (χ0v) is 11.7. The van der Waals surface area contributed by atoms with Crippen LogP contribution in [0.15, 0.2) is 43.2 Å². The number of aromatic nitrogens is 5. The molecule has 9 nitrogen and oxygen atoms in total. The van der Waals surface area contributed by atoms with Gasteiger partial charge in [-0.05, 0) is 27.6 Å². The molecule has 0 saturated carbocycles. The van der Waals surface area contributed by atoms with Crippen molar-refractivity contribution in [1.29, 1.82) is 0 Å². The lowest BCUT2D eigenvalue weighted by Gasteiger charge is -2.07. The first-order chi connectivity index (χ1) is 10.6. The standard InChI is InChI=1S/C13H13N7O2/c1-18-9-16-13(20(21)22)12(18)15-6-10-2-4-11(5-3-10)19-8-14-7-17-19/h2-5,7-9,15H,6H2,1H3. The van der Waals surface area contributed by atoms with Gasteiger partial charge < -0.3 is 15.4 Å². The topological polar surface area (TPSA) is 104 Å².